The summed E-state index contributed by atoms with van der Waals surface area (Å²) in [5.41, 5.74) is 6.18. The smallest absolute Gasteiger partial charge is 0.435 e. The van der Waals surface area contributed by atoms with Gasteiger partial charge in [-0.2, -0.15) is 4.99 Å². The molecule has 0 radical (unpaired) electrons. The molecule has 55 heavy (non-hydrogen) atoms. The number of primary amides is 1. The molecule has 294 valence electrons. The van der Waals surface area contributed by atoms with E-state index < -0.39 is 89.0 Å². The molecule has 2 saturated heterocycles. The number of likely N-dealkylation sites (tertiary alicyclic amines) is 2. The van der Waals surface area contributed by atoms with Gasteiger partial charge in [0.15, 0.2) is 13.4 Å². The van der Waals surface area contributed by atoms with Crippen LogP contribution in [0.4, 0.5) is 16.2 Å². The number of nitro benzene ring substituents is 2. The van der Waals surface area contributed by atoms with Crippen LogP contribution in [0.25, 0.3) is 0 Å². The van der Waals surface area contributed by atoms with E-state index in [0.717, 1.165) is 11.8 Å². The van der Waals surface area contributed by atoms with Gasteiger partial charge in [0.2, 0.25) is 11.8 Å². The lowest BCUT2D eigenvalue weighted by atomic mass is 9.81. The predicted octanol–water partition coefficient (Wildman–Crippen LogP) is 3.47. The van der Waals surface area contributed by atoms with Gasteiger partial charge in [0.05, 0.1) is 27.9 Å². The highest BCUT2D eigenvalue weighted by atomic mass is 32.2. The van der Waals surface area contributed by atoms with Gasteiger partial charge in [-0.1, -0.05) is 11.8 Å². The van der Waals surface area contributed by atoms with Crippen LogP contribution in [0.1, 0.15) is 37.8 Å². The number of ether oxygens (including phenoxy) is 2. The summed E-state index contributed by atoms with van der Waals surface area (Å²) in [4.78, 5) is 104. The average Bonchev–Trinajstić information content (AvgIpc) is 3.53. The van der Waals surface area contributed by atoms with Crippen LogP contribution in [0.2, 0.25) is 19.6 Å². The summed E-state index contributed by atoms with van der Waals surface area (Å²) in [5, 5.41) is 20.8. The number of hydrogen-bond acceptors (Lipinski definition) is 14. The number of benzene rings is 2. The van der Waals surface area contributed by atoms with Crippen molar-refractivity contribution in [1.29, 1.82) is 0 Å². The van der Waals surface area contributed by atoms with Gasteiger partial charge >= 0.3 is 18.0 Å². The third-order valence-electron chi connectivity index (χ3n) is 8.67. The maximum absolute atomic E-state index is 13.5. The number of non-ortho nitro benzene ring substituents is 2. The van der Waals surface area contributed by atoms with Gasteiger partial charge in [-0.25, -0.2) is 9.59 Å². The lowest BCUT2D eigenvalue weighted by Gasteiger charge is -2.48. The number of hydrogen-bond donors (Lipinski definition) is 1. The maximum Gasteiger partial charge on any atom is 0.435 e. The Hall–Kier alpha value is -5.54. The summed E-state index contributed by atoms with van der Waals surface area (Å²) in [6, 6.07) is 8.53. The van der Waals surface area contributed by atoms with Crippen LogP contribution in [-0.2, 0) is 51.1 Å². The van der Waals surface area contributed by atoms with Crippen LogP contribution < -0.4 is 5.73 Å². The first-order valence-corrected chi connectivity index (χ1v) is 21.2. The molecule has 2 aliphatic heterocycles. The molecule has 4 rings (SSSR count). The van der Waals surface area contributed by atoms with Gasteiger partial charge < -0.3 is 24.5 Å². The number of imide groups is 1. The van der Waals surface area contributed by atoms with Crippen molar-refractivity contribution in [2.45, 2.75) is 83.0 Å². The Kier molecular flexibility index (Phi) is 13.6. The molecule has 4 amide bonds. The number of amidine groups is 1. The van der Waals surface area contributed by atoms with Crippen molar-refractivity contribution in [3.05, 3.63) is 79.9 Å². The van der Waals surface area contributed by atoms with Crippen LogP contribution in [0.15, 0.2) is 53.5 Å². The molecule has 0 aromatic heterocycles. The van der Waals surface area contributed by atoms with Gasteiger partial charge in [-0.05, 0) is 75.3 Å². The number of carbonyl (C=O) groups excluding carboxylic acids is 6. The number of esters is 1. The summed E-state index contributed by atoms with van der Waals surface area (Å²) in [6.45, 7) is 8.31. The van der Waals surface area contributed by atoms with E-state index in [-0.39, 0.29) is 43.2 Å². The van der Waals surface area contributed by atoms with Crippen LogP contribution >= 0.6 is 11.8 Å². The fourth-order valence-electron chi connectivity index (χ4n) is 6.21. The zero-order valence-corrected chi connectivity index (χ0v) is 32.4. The number of nitrogens with zero attached hydrogens (tertiary/aromatic N) is 5. The van der Waals surface area contributed by atoms with Crippen molar-refractivity contribution < 1.29 is 52.5 Å². The summed E-state index contributed by atoms with van der Waals surface area (Å²) < 4.78 is 16.4. The van der Waals surface area contributed by atoms with Crippen molar-refractivity contribution in [3.63, 3.8) is 0 Å². The molecule has 0 saturated carbocycles. The van der Waals surface area contributed by atoms with E-state index in [1.807, 2.05) is 19.6 Å². The molecule has 5 atom stereocenters. The van der Waals surface area contributed by atoms with E-state index in [4.69, 9.17) is 19.6 Å². The number of rotatable bonds is 13. The van der Waals surface area contributed by atoms with Gasteiger partial charge in [-0.3, -0.25) is 44.3 Å². The Balaban J connectivity index is 1.41. The second-order valence-corrected chi connectivity index (χ2v) is 19.6. The molecule has 0 unspecified atom stereocenters. The molecule has 2 N–H and O–H groups in total. The molecular weight excluding hydrogens is 761 g/mol. The fourth-order valence-corrected chi connectivity index (χ4v) is 8.62. The number of thioether (sulfide) groups is 1. The zero-order valence-electron chi connectivity index (χ0n) is 30.6. The molecule has 2 fully saturated rings. The number of amides is 4. The molecule has 0 bridgehead atoms. The molecule has 2 aromatic rings. The molecule has 2 heterocycles. The molecule has 19 nitrogen and oxygen atoms in total. The van der Waals surface area contributed by atoms with Gasteiger partial charge in [0.25, 0.3) is 11.4 Å². The minimum Gasteiger partial charge on any atom is -0.454 e. The van der Waals surface area contributed by atoms with Crippen LogP contribution in [0.5, 0.6) is 0 Å². The largest absolute Gasteiger partial charge is 0.454 e. The highest BCUT2D eigenvalue weighted by Gasteiger charge is 2.56. The fraction of sp³-hybridized carbons (Fsp3) is 0.441. The summed E-state index contributed by atoms with van der Waals surface area (Å²) in [6.07, 6.45) is -1.92. The molecular formula is C34H40N6O13SSi. The zero-order chi connectivity index (χ0) is 40.8. The van der Waals surface area contributed by atoms with Crippen molar-refractivity contribution in [2.75, 3.05) is 6.54 Å². The molecule has 2 aromatic carbocycles. The number of nitro groups is 2. The molecule has 2 aliphatic rings. The first-order valence-electron chi connectivity index (χ1n) is 16.9. The minimum atomic E-state index is -2.20. The Morgan fingerprint density at radius 1 is 0.945 bits per heavy atom. The van der Waals surface area contributed by atoms with Crippen molar-refractivity contribution >= 4 is 72.2 Å². The summed E-state index contributed by atoms with van der Waals surface area (Å²) in [5.74, 6) is -4.90. The Bertz CT molecular complexity index is 1890. The predicted molar refractivity (Wildman–Crippen MR) is 198 cm³/mol. The second kappa shape index (κ2) is 17.7. The summed E-state index contributed by atoms with van der Waals surface area (Å²) in [7, 11) is -2.20. The molecule has 0 aliphatic carbocycles. The van der Waals surface area contributed by atoms with E-state index in [1.54, 1.807) is 6.92 Å². The maximum atomic E-state index is 13.5. The lowest BCUT2D eigenvalue weighted by molar-refractivity contribution is -0.385. The van der Waals surface area contributed by atoms with E-state index in [0.29, 0.717) is 16.0 Å². The Labute approximate surface area is 320 Å². The minimum absolute atomic E-state index is 0.0781. The van der Waals surface area contributed by atoms with Crippen molar-refractivity contribution in [1.82, 2.24) is 9.80 Å². The van der Waals surface area contributed by atoms with E-state index >= 15 is 0 Å². The number of carbonyl (C=O) groups is 6. The van der Waals surface area contributed by atoms with Crippen LogP contribution in [0.3, 0.4) is 0 Å². The highest BCUT2D eigenvalue weighted by molar-refractivity contribution is 8.14. The van der Waals surface area contributed by atoms with Crippen LogP contribution in [0, 0.1) is 26.1 Å². The Morgan fingerprint density at radius 2 is 1.47 bits per heavy atom. The summed E-state index contributed by atoms with van der Waals surface area (Å²) >= 11 is 0.865. The van der Waals surface area contributed by atoms with Gasteiger partial charge in [-0.15, -0.1) is 0 Å². The van der Waals surface area contributed by atoms with Crippen molar-refractivity contribution in [2.24, 2.45) is 16.6 Å². The standard InChI is InChI=1S/C34H40N6O13SSi/c1-19(53-55(3,4)5)29-26(38(31(29)43)32(44)33(45)51-17-21-6-10-23(11-7-21)39(47)48)15-28(41)54-25-14-27(30(35)42)37(16-25)20(2)36-34(46)52-18-22-8-12-24(13-9-22)40(49)50/h6-13,19,25-27,29H,14-18H2,1-5H3,(H2,35,42)/t19-,25+,26-,27+,29-/m1/s1. The Morgan fingerprint density at radius 3 is 1.96 bits per heavy atom. The van der Waals surface area contributed by atoms with Gasteiger partial charge in [0, 0.05) is 42.5 Å². The first kappa shape index (κ1) is 42.2. The number of nitrogens with two attached hydrogens (primary N) is 1. The quantitative estimate of drug-likeness (QED) is 0.0444. The van der Waals surface area contributed by atoms with E-state index in [1.165, 1.54) is 60.4 Å². The second-order valence-electron chi connectivity index (χ2n) is 13.8. The molecule has 0 spiro atoms. The number of aliphatic imine (C=N–C) groups is 1. The highest BCUT2D eigenvalue weighted by Crippen LogP contribution is 2.38. The average molecular weight is 801 g/mol. The van der Waals surface area contributed by atoms with Crippen molar-refractivity contribution in [3.8, 4) is 0 Å². The molecule has 21 heteroatoms. The van der Waals surface area contributed by atoms with Crippen LogP contribution in [-0.4, -0.2) is 98.7 Å². The number of β-lactam (4-membered cyclic amide) rings is 1. The lowest BCUT2D eigenvalue weighted by Crippen LogP contribution is -2.68. The van der Waals surface area contributed by atoms with Gasteiger partial charge in [0.1, 0.15) is 25.1 Å². The topological polar surface area (TPSA) is 261 Å². The first-order chi connectivity index (χ1) is 25.7. The third kappa shape index (κ3) is 11.0. The van der Waals surface area contributed by atoms with E-state index in [2.05, 4.69) is 4.99 Å². The van der Waals surface area contributed by atoms with E-state index in [9.17, 15) is 49.0 Å². The normalized spacial score (nSPS) is 20.3. The SMILES string of the molecule is CC(=NC(=O)OCc1ccc([N+](=O)[O-])cc1)N1C[C@@H](SC(=O)C[C@@H]2[C@@H]([C@@H](C)O[Si](C)(C)C)C(=O)N2C(=O)C(=O)OCc2ccc([N+](=O)[O-])cc2)C[C@H]1C(N)=O. The monoisotopic (exact) mass is 800 g/mol. The third-order valence-corrected chi connectivity index (χ3v) is 10.9.